The summed E-state index contributed by atoms with van der Waals surface area (Å²) >= 11 is 0. The van der Waals surface area contributed by atoms with Gasteiger partial charge in [-0.15, -0.1) is 0 Å². The van der Waals surface area contributed by atoms with Crippen molar-refractivity contribution in [2.45, 2.75) is 58.1 Å². The third-order valence-corrected chi connectivity index (χ3v) is 5.22. The standard InChI is InChI=1S/C20H28N2O3/c1-15-6-2-3-9-18(15)25-14-19(23)21-17-8-4-7-16(12-17)13-22-11-5-10-20(22)24/h4,7-8,12,15,18H,2-3,5-6,9-11,13-14H2,1H3,(H,21,23)/t15-,18-/m0/s1. The van der Waals surface area contributed by atoms with Gasteiger partial charge in [0.2, 0.25) is 11.8 Å². The molecule has 1 saturated carbocycles. The molecule has 1 heterocycles. The summed E-state index contributed by atoms with van der Waals surface area (Å²) in [6, 6.07) is 7.71. The van der Waals surface area contributed by atoms with Gasteiger partial charge in [0.1, 0.15) is 6.61 Å². The van der Waals surface area contributed by atoms with Gasteiger partial charge >= 0.3 is 0 Å². The maximum Gasteiger partial charge on any atom is 0.250 e. The van der Waals surface area contributed by atoms with Crippen LogP contribution < -0.4 is 5.32 Å². The van der Waals surface area contributed by atoms with E-state index in [4.69, 9.17) is 4.74 Å². The van der Waals surface area contributed by atoms with Crippen molar-refractivity contribution in [2.75, 3.05) is 18.5 Å². The van der Waals surface area contributed by atoms with Gasteiger partial charge in [0.25, 0.3) is 0 Å². The molecule has 1 aliphatic carbocycles. The van der Waals surface area contributed by atoms with Crippen LogP contribution in [0.3, 0.4) is 0 Å². The highest BCUT2D eigenvalue weighted by Crippen LogP contribution is 2.26. The predicted octanol–water partition coefficient (Wildman–Crippen LogP) is 3.34. The van der Waals surface area contributed by atoms with E-state index in [1.165, 1.54) is 19.3 Å². The Kier molecular flexibility index (Phi) is 6.08. The quantitative estimate of drug-likeness (QED) is 0.861. The molecule has 5 heteroatoms. The minimum Gasteiger partial charge on any atom is -0.368 e. The van der Waals surface area contributed by atoms with Crippen molar-refractivity contribution >= 4 is 17.5 Å². The maximum atomic E-state index is 12.2. The molecule has 0 spiro atoms. The summed E-state index contributed by atoms with van der Waals surface area (Å²) < 4.78 is 5.82. The molecule has 1 aliphatic heterocycles. The van der Waals surface area contributed by atoms with Crippen molar-refractivity contribution in [1.29, 1.82) is 0 Å². The molecule has 5 nitrogen and oxygen atoms in total. The Bertz CT molecular complexity index is 617. The number of carbonyl (C=O) groups is 2. The van der Waals surface area contributed by atoms with Crippen molar-refractivity contribution in [3.63, 3.8) is 0 Å². The van der Waals surface area contributed by atoms with Gasteiger partial charge in [0.15, 0.2) is 0 Å². The number of anilines is 1. The van der Waals surface area contributed by atoms with E-state index in [0.717, 1.165) is 30.6 Å². The van der Waals surface area contributed by atoms with Crippen LogP contribution in [-0.4, -0.2) is 36.0 Å². The van der Waals surface area contributed by atoms with Crippen molar-refractivity contribution in [3.05, 3.63) is 29.8 Å². The lowest BCUT2D eigenvalue weighted by Gasteiger charge is -2.28. The molecule has 2 atom stereocenters. The highest BCUT2D eigenvalue weighted by Gasteiger charge is 2.23. The lowest BCUT2D eigenvalue weighted by Crippen LogP contribution is -2.29. The summed E-state index contributed by atoms with van der Waals surface area (Å²) in [7, 11) is 0. The summed E-state index contributed by atoms with van der Waals surface area (Å²) in [6.07, 6.45) is 6.47. The molecule has 1 aromatic carbocycles. The van der Waals surface area contributed by atoms with E-state index in [2.05, 4.69) is 12.2 Å². The third-order valence-electron chi connectivity index (χ3n) is 5.22. The van der Waals surface area contributed by atoms with Crippen LogP contribution in [0.5, 0.6) is 0 Å². The monoisotopic (exact) mass is 344 g/mol. The van der Waals surface area contributed by atoms with Gasteiger partial charge in [-0.25, -0.2) is 0 Å². The number of nitrogens with zero attached hydrogens (tertiary/aromatic N) is 1. The maximum absolute atomic E-state index is 12.2. The molecule has 3 rings (SSSR count). The Morgan fingerprint density at radius 2 is 2.12 bits per heavy atom. The van der Waals surface area contributed by atoms with E-state index in [9.17, 15) is 9.59 Å². The molecule has 0 bridgehead atoms. The topological polar surface area (TPSA) is 58.6 Å². The zero-order valence-electron chi connectivity index (χ0n) is 15.0. The van der Waals surface area contributed by atoms with Gasteiger partial charge in [0, 0.05) is 25.2 Å². The molecule has 0 unspecified atom stereocenters. The van der Waals surface area contributed by atoms with E-state index in [0.29, 0.717) is 18.9 Å². The number of hydrogen-bond acceptors (Lipinski definition) is 3. The summed E-state index contributed by atoms with van der Waals surface area (Å²) in [5.41, 5.74) is 1.80. The first-order valence-electron chi connectivity index (χ1n) is 9.40. The smallest absolute Gasteiger partial charge is 0.250 e. The number of nitrogens with one attached hydrogen (secondary N) is 1. The van der Waals surface area contributed by atoms with Gasteiger partial charge in [0.05, 0.1) is 6.10 Å². The van der Waals surface area contributed by atoms with Crippen molar-refractivity contribution in [3.8, 4) is 0 Å². The fourth-order valence-electron chi connectivity index (χ4n) is 3.75. The fraction of sp³-hybridized carbons (Fsp3) is 0.600. The van der Waals surface area contributed by atoms with Crippen LogP contribution in [0.4, 0.5) is 5.69 Å². The third kappa shape index (κ3) is 5.05. The average molecular weight is 344 g/mol. The van der Waals surface area contributed by atoms with Crippen molar-refractivity contribution in [2.24, 2.45) is 5.92 Å². The number of amides is 2. The Balaban J connectivity index is 1.49. The summed E-state index contributed by atoms with van der Waals surface area (Å²) in [5, 5.41) is 2.91. The van der Waals surface area contributed by atoms with Crippen LogP contribution in [0, 0.1) is 5.92 Å². The normalized spacial score (nSPS) is 23.7. The van der Waals surface area contributed by atoms with Crippen LogP contribution in [0.25, 0.3) is 0 Å². The van der Waals surface area contributed by atoms with E-state index < -0.39 is 0 Å². The zero-order valence-corrected chi connectivity index (χ0v) is 15.0. The molecule has 2 amide bonds. The minimum atomic E-state index is -0.118. The first-order valence-corrected chi connectivity index (χ1v) is 9.40. The van der Waals surface area contributed by atoms with Crippen molar-refractivity contribution in [1.82, 2.24) is 4.90 Å². The highest BCUT2D eigenvalue weighted by molar-refractivity contribution is 5.91. The van der Waals surface area contributed by atoms with Crippen LogP contribution in [-0.2, 0) is 20.9 Å². The molecule has 2 fully saturated rings. The van der Waals surface area contributed by atoms with E-state index in [1.807, 2.05) is 29.2 Å². The number of ether oxygens (including phenoxy) is 1. The zero-order chi connectivity index (χ0) is 17.6. The first-order chi connectivity index (χ1) is 12.1. The fourth-order valence-corrected chi connectivity index (χ4v) is 3.75. The number of likely N-dealkylation sites (tertiary alicyclic amines) is 1. The van der Waals surface area contributed by atoms with Crippen molar-refractivity contribution < 1.29 is 14.3 Å². The Hall–Kier alpha value is -1.88. The Labute approximate surface area is 149 Å². The molecule has 136 valence electrons. The largest absolute Gasteiger partial charge is 0.368 e. The number of carbonyl (C=O) groups excluding carboxylic acids is 2. The molecular weight excluding hydrogens is 316 g/mol. The lowest BCUT2D eigenvalue weighted by molar-refractivity contribution is -0.128. The summed E-state index contributed by atoms with van der Waals surface area (Å²) in [6.45, 7) is 3.73. The van der Waals surface area contributed by atoms with Gasteiger partial charge < -0.3 is 15.0 Å². The van der Waals surface area contributed by atoms with E-state index >= 15 is 0 Å². The SMILES string of the molecule is C[C@H]1CCCC[C@@H]1OCC(=O)Nc1cccc(CN2CCCC2=O)c1. The van der Waals surface area contributed by atoms with Crippen LogP contribution in [0.2, 0.25) is 0 Å². The molecule has 1 saturated heterocycles. The van der Waals surface area contributed by atoms with Crippen LogP contribution in [0.15, 0.2) is 24.3 Å². The van der Waals surface area contributed by atoms with Gasteiger partial charge in [-0.2, -0.15) is 0 Å². The summed E-state index contributed by atoms with van der Waals surface area (Å²) in [5.74, 6) is 0.625. The average Bonchev–Trinajstić information content (AvgIpc) is 2.99. The highest BCUT2D eigenvalue weighted by atomic mass is 16.5. The second-order valence-corrected chi connectivity index (χ2v) is 7.28. The molecular formula is C20H28N2O3. The Morgan fingerprint density at radius 3 is 2.88 bits per heavy atom. The van der Waals surface area contributed by atoms with E-state index in [1.54, 1.807) is 0 Å². The molecule has 25 heavy (non-hydrogen) atoms. The summed E-state index contributed by atoms with van der Waals surface area (Å²) in [4.78, 5) is 25.8. The molecule has 2 aliphatic rings. The van der Waals surface area contributed by atoms with Gasteiger partial charge in [-0.1, -0.05) is 31.9 Å². The minimum absolute atomic E-state index is 0.101. The lowest BCUT2D eigenvalue weighted by atomic mass is 9.88. The second kappa shape index (κ2) is 8.48. The Morgan fingerprint density at radius 1 is 1.28 bits per heavy atom. The number of hydrogen-bond donors (Lipinski definition) is 1. The van der Waals surface area contributed by atoms with E-state index in [-0.39, 0.29) is 24.5 Å². The number of benzene rings is 1. The molecule has 0 radical (unpaired) electrons. The van der Waals surface area contributed by atoms with Crippen LogP contribution >= 0.6 is 0 Å². The number of rotatable bonds is 6. The second-order valence-electron chi connectivity index (χ2n) is 7.28. The molecule has 1 aromatic rings. The van der Waals surface area contributed by atoms with Gasteiger partial charge in [-0.05, 0) is 42.9 Å². The predicted molar refractivity (Wildman–Crippen MR) is 97.1 cm³/mol. The first kappa shape index (κ1) is 17.9. The van der Waals surface area contributed by atoms with Gasteiger partial charge in [-0.3, -0.25) is 9.59 Å². The molecule has 0 aromatic heterocycles. The van der Waals surface area contributed by atoms with Crippen LogP contribution in [0.1, 0.15) is 51.0 Å². The molecule has 1 N–H and O–H groups in total.